The normalized spacial score (nSPS) is 9.80. The van der Waals surface area contributed by atoms with Gasteiger partial charge in [-0.3, -0.25) is 4.98 Å². The van der Waals surface area contributed by atoms with Crippen LogP contribution in [0.1, 0.15) is 17.7 Å². The third-order valence-corrected chi connectivity index (χ3v) is 1.40. The minimum Gasteiger partial charge on any atom is -0.261 e. The number of aromatic nitrogens is 1. The van der Waals surface area contributed by atoms with Gasteiger partial charge in [0.15, 0.2) is 0 Å². The van der Waals surface area contributed by atoms with Crippen LogP contribution in [0.2, 0.25) is 0 Å². The highest BCUT2D eigenvalue weighted by Crippen LogP contribution is 2.01. The highest BCUT2D eigenvalue weighted by atomic mass is 14.7. The molecule has 0 unspecified atom stereocenters. The maximum atomic E-state index is 4.19. The van der Waals surface area contributed by atoms with E-state index in [4.69, 9.17) is 0 Å². The van der Waals surface area contributed by atoms with Crippen LogP contribution < -0.4 is 0 Å². The van der Waals surface area contributed by atoms with E-state index in [0.29, 0.717) is 0 Å². The Labute approximate surface area is 62.1 Å². The van der Waals surface area contributed by atoms with E-state index < -0.39 is 0 Å². The molecule has 1 heteroatoms. The largest absolute Gasteiger partial charge is 0.261 e. The highest BCUT2D eigenvalue weighted by Gasteiger charge is 1.90. The van der Waals surface area contributed by atoms with Crippen molar-refractivity contribution in [1.82, 2.24) is 4.98 Å². The van der Waals surface area contributed by atoms with Crippen LogP contribution in [0.25, 0.3) is 0 Å². The van der Waals surface area contributed by atoms with Crippen molar-refractivity contribution in [3.8, 4) is 0 Å². The van der Waals surface area contributed by atoms with Crippen molar-refractivity contribution in [2.45, 2.75) is 19.8 Å². The molecule has 0 saturated heterocycles. The molecule has 0 N–H and O–H groups in total. The summed E-state index contributed by atoms with van der Waals surface area (Å²) in [7, 11) is 0. The van der Waals surface area contributed by atoms with Crippen molar-refractivity contribution < 1.29 is 0 Å². The zero-order chi connectivity index (χ0) is 7.40. The summed E-state index contributed by atoms with van der Waals surface area (Å²) in [5.41, 5.74) is 2.42. The molecule has 1 aromatic heterocycles. The quantitative estimate of drug-likeness (QED) is 0.604. The minimum atomic E-state index is 0.927. The molecular weight excluding hydrogens is 122 g/mol. The third-order valence-electron chi connectivity index (χ3n) is 1.40. The molecule has 1 nitrogen and oxygen atoms in total. The Balaban J connectivity index is 2.75. The molecule has 1 aromatic rings. The molecule has 0 aliphatic heterocycles. The smallest absolute Gasteiger partial charge is 0.0406 e. The molecule has 0 aliphatic rings. The van der Waals surface area contributed by atoms with Crippen LogP contribution in [-0.4, -0.2) is 4.98 Å². The van der Waals surface area contributed by atoms with E-state index in [-0.39, 0.29) is 0 Å². The average Bonchev–Trinajstić information content (AvgIpc) is 1.88. The van der Waals surface area contributed by atoms with Crippen LogP contribution in [0.3, 0.4) is 0 Å². The van der Waals surface area contributed by atoms with Crippen LogP contribution in [0.15, 0.2) is 18.3 Å². The van der Waals surface area contributed by atoms with Crippen LogP contribution in [0.4, 0.5) is 0 Å². The first-order valence-electron chi connectivity index (χ1n) is 3.53. The standard InChI is InChI=1S/C9H12N/c1-3-4-9-7-8(2)5-6-10-9/h5-7H,1,3-4H2,2H3. The van der Waals surface area contributed by atoms with Crippen LogP contribution >= 0.6 is 0 Å². The summed E-state index contributed by atoms with van der Waals surface area (Å²) < 4.78 is 0. The minimum absolute atomic E-state index is 0.927. The molecule has 1 rings (SSSR count). The van der Waals surface area contributed by atoms with E-state index in [2.05, 4.69) is 24.9 Å². The summed E-state index contributed by atoms with van der Waals surface area (Å²) in [6, 6.07) is 4.11. The van der Waals surface area contributed by atoms with Gasteiger partial charge in [0, 0.05) is 11.9 Å². The second-order valence-corrected chi connectivity index (χ2v) is 2.43. The molecule has 53 valence electrons. The van der Waals surface area contributed by atoms with Gasteiger partial charge in [0.2, 0.25) is 0 Å². The lowest BCUT2D eigenvalue weighted by Gasteiger charge is -1.96. The highest BCUT2D eigenvalue weighted by molar-refractivity contribution is 5.14. The lowest BCUT2D eigenvalue weighted by Crippen LogP contribution is -1.88. The Morgan fingerprint density at radius 1 is 1.60 bits per heavy atom. The first-order chi connectivity index (χ1) is 4.83. The van der Waals surface area contributed by atoms with Crippen molar-refractivity contribution in [2.24, 2.45) is 0 Å². The third kappa shape index (κ3) is 1.83. The van der Waals surface area contributed by atoms with E-state index in [1.54, 1.807) is 0 Å². The number of rotatable bonds is 2. The van der Waals surface area contributed by atoms with E-state index in [1.165, 1.54) is 5.56 Å². The van der Waals surface area contributed by atoms with Crippen LogP contribution in [0, 0.1) is 13.8 Å². The monoisotopic (exact) mass is 134 g/mol. The number of hydrogen-bond acceptors (Lipinski definition) is 1. The van der Waals surface area contributed by atoms with Gasteiger partial charge < -0.3 is 0 Å². The lowest BCUT2D eigenvalue weighted by atomic mass is 10.2. The molecule has 0 atom stereocenters. The second kappa shape index (κ2) is 3.35. The van der Waals surface area contributed by atoms with Gasteiger partial charge in [0.25, 0.3) is 0 Å². The summed E-state index contributed by atoms with van der Waals surface area (Å²) >= 11 is 0. The summed E-state index contributed by atoms with van der Waals surface area (Å²) in [4.78, 5) is 4.19. The summed E-state index contributed by atoms with van der Waals surface area (Å²) in [5, 5.41) is 0. The van der Waals surface area contributed by atoms with Gasteiger partial charge in [-0.25, -0.2) is 0 Å². The summed E-state index contributed by atoms with van der Waals surface area (Å²) in [6.45, 7) is 5.85. The fourth-order valence-corrected chi connectivity index (χ4v) is 0.917. The molecule has 0 bridgehead atoms. The Kier molecular flexibility index (Phi) is 2.43. The van der Waals surface area contributed by atoms with Crippen molar-refractivity contribution >= 4 is 0 Å². The predicted octanol–water partition coefficient (Wildman–Crippen LogP) is 2.16. The average molecular weight is 134 g/mol. The molecule has 1 radical (unpaired) electrons. The van der Waals surface area contributed by atoms with Gasteiger partial charge >= 0.3 is 0 Å². The molecular formula is C9H12N. The van der Waals surface area contributed by atoms with Gasteiger partial charge in [0.1, 0.15) is 0 Å². The molecule has 1 heterocycles. The maximum Gasteiger partial charge on any atom is 0.0406 e. The number of pyridine rings is 1. The van der Waals surface area contributed by atoms with Crippen molar-refractivity contribution in [3.05, 3.63) is 36.5 Å². The van der Waals surface area contributed by atoms with Crippen molar-refractivity contribution in [2.75, 3.05) is 0 Å². The first kappa shape index (κ1) is 7.26. The zero-order valence-corrected chi connectivity index (χ0v) is 6.30. The topological polar surface area (TPSA) is 12.9 Å². The number of aryl methyl sites for hydroxylation is 2. The van der Waals surface area contributed by atoms with E-state index in [1.807, 2.05) is 12.3 Å². The first-order valence-corrected chi connectivity index (χ1v) is 3.53. The molecule has 0 amide bonds. The fraction of sp³-hybridized carbons (Fsp3) is 0.333. The zero-order valence-electron chi connectivity index (χ0n) is 6.30. The summed E-state index contributed by atoms with van der Waals surface area (Å²) in [5.74, 6) is 0. The van der Waals surface area contributed by atoms with Gasteiger partial charge in [-0.15, -0.1) is 0 Å². The molecule has 0 saturated carbocycles. The second-order valence-electron chi connectivity index (χ2n) is 2.43. The molecule has 0 aromatic carbocycles. The Hall–Kier alpha value is -0.850. The predicted molar refractivity (Wildman–Crippen MR) is 42.7 cm³/mol. The van der Waals surface area contributed by atoms with Gasteiger partial charge in [-0.2, -0.15) is 0 Å². The Bertz CT molecular complexity index is 206. The molecule has 10 heavy (non-hydrogen) atoms. The van der Waals surface area contributed by atoms with E-state index in [0.717, 1.165) is 18.5 Å². The lowest BCUT2D eigenvalue weighted by molar-refractivity contribution is 0.937. The van der Waals surface area contributed by atoms with Crippen LogP contribution in [0.5, 0.6) is 0 Å². The Morgan fingerprint density at radius 3 is 3.00 bits per heavy atom. The van der Waals surface area contributed by atoms with Gasteiger partial charge in [0.05, 0.1) is 0 Å². The van der Waals surface area contributed by atoms with E-state index in [9.17, 15) is 0 Å². The fourth-order valence-electron chi connectivity index (χ4n) is 0.917. The maximum absolute atomic E-state index is 4.19. The van der Waals surface area contributed by atoms with Gasteiger partial charge in [-0.1, -0.05) is 6.92 Å². The van der Waals surface area contributed by atoms with Crippen LogP contribution in [-0.2, 0) is 6.42 Å². The number of nitrogens with zero attached hydrogens (tertiary/aromatic N) is 1. The molecule has 0 fully saturated rings. The van der Waals surface area contributed by atoms with Crippen molar-refractivity contribution in [3.63, 3.8) is 0 Å². The molecule has 0 spiro atoms. The number of hydrogen-bond donors (Lipinski definition) is 0. The van der Waals surface area contributed by atoms with E-state index >= 15 is 0 Å². The van der Waals surface area contributed by atoms with Gasteiger partial charge in [-0.05, 0) is 37.5 Å². The summed E-state index contributed by atoms with van der Waals surface area (Å²) in [6.07, 6.45) is 3.76. The van der Waals surface area contributed by atoms with Crippen molar-refractivity contribution in [1.29, 1.82) is 0 Å². The Morgan fingerprint density at radius 2 is 2.40 bits per heavy atom. The molecule has 0 aliphatic carbocycles. The SMILES string of the molecule is [CH2]CCc1cc(C)ccn1.